The number of hydrogen-bond donors (Lipinski definition) is 1. The second-order valence-corrected chi connectivity index (χ2v) is 11.4. The van der Waals surface area contributed by atoms with E-state index in [0.29, 0.717) is 49.8 Å². The van der Waals surface area contributed by atoms with Crippen LogP contribution in [0.2, 0.25) is 0 Å². The monoisotopic (exact) mass is 527 g/mol. The number of benzene rings is 3. The number of hydrogen-bond acceptors (Lipinski definition) is 5. The predicted molar refractivity (Wildman–Crippen MR) is 145 cm³/mol. The second kappa shape index (κ2) is 11.2. The Hall–Kier alpha value is -4.00. The maximum absolute atomic E-state index is 13.5. The van der Waals surface area contributed by atoms with Crippen LogP contribution in [0.1, 0.15) is 29.7 Å². The Morgan fingerprint density at radius 3 is 2.68 bits per heavy atom. The summed E-state index contributed by atoms with van der Waals surface area (Å²) in [6.07, 6.45) is 5.44. The third-order valence-corrected chi connectivity index (χ3v) is 8.96. The molecule has 1 saturated heterocycles. The van der Waals surface area contributed by atoms with Crippen molar-refractivity contribution in [3.63, 3.8) is 0 Å². The number of rotatable bonds is 8. The lowest BCUT2D eigenvalue weighted by Gasteiger charge is -2.31. The van der Waals surface area contributed by atoms with Crippen molar-refractivity contribution in [3.8, 4) is 6.07 Å². The third kappa shape index (κ3) is 5.47. The predicted octanol–water partition coefficient (Wildman–Crippen LogP) is 3.72. The molecule has 0 spiro atoms. The molecular formula is C29H29N5O3S. The normalized spacial score (nSPS) is 16.2. The van der Waals surface area contributed by atoms with Crippen molar-refractivity contribution >= 4 is 26.7 Å². The molecule has 1 fully saturated rings. The van der Waals surface area contributed by atoms with Crippen LogP contribution in [0.4, 0.5) is 0 Å². The number of sulfonamides is 1. The summed E-state index contributed by atoms with van der Waals surface area (Å²) in [6.45, 7) is 1.64. The number of imidazole rings is 1. The highest BCUT2D eigenvalue weighted by Crippen LogP contribution is 2.29. The van der Waals surface area contributed by atoms with Gasteiger partial charge in [-0.2, -0.15) is 9.57 Å². The molecule has 1 atom stereocenters. The number of fused-ring (bicyclic) bond motifs is 1. The summed E-state index contributed by atoms with van der Waals surface area (Å²) in [4.78, 5) is 17.5. The molecule has 0 radical (unpaired) electrons. The number of carbonyl (C=O) groups excluding carboxylic acids is 1. The Labute approximate surface area is 222 Å². The SMILES string of the molecule is N#Cc1ccc(Cn2cncc2CCNC(=O)[C@H]2CCCN(S(=O)(=O)c3cccc4ccccc34)C2)cc1. The summed E-state index contributed by atoms with van der Waals surface area (Å²) in [5.41, 5.74) is 2.66. The van der Waals surface area contributed by atoms with Crippen LogP contribution in [0.3, 0.4) is 0 Å². The Morgan fingerprint density at radius 2 is 1.87 bits per heavy atom. The number of nitrogens with zero attached hydrogens (tertiary/aromatic N) is 4. The molecular weight excluding hydrogens is 498 g/mol. The zero-order chi connectivity index (χ0) is 26.5. The lowest BCUT2D eigenvalue weighted by atomic mass is 9.99. The van der Waals surface area contributed by atoms with Gasteiger partial charge in [0, 0.05) is 49.9 Å². The van der Waals surface area contributed by atoms with E-state index >= 15 is 0 Å². The Balaban J connectivity index is 1.19. The maximum Gasteiger partial charge on any atom is 0.243 e. The number of nitrogens with one attached hydrogen (secondary N) is 1. The van der Waals surface area contributed by atoms with E-state index in [4.69, 9.17) is 5.26 Å². The molecule has 4 aromatic rings. The van der Waals surface area contributed by atoms with Crippen molar-refractivity contribution in [2.45, 2.75) is 30.7 Å². The van der Waals surface area contributed by atoms with Crippen LogP contribution in [-0.4, -0.2) is 47.8 Å². The van der Waals surface area contributed by atoms with E-state index in [1.807, 2.05) is 47.0 Å². The average molecular weight is 528 g/mol. The highest BCUT2D eigenvalue weighted by Gasteiger charge is 2.34. The molecule has 1 aliphatic heterocycles. The van der Waals surface area contributed by atoms with Gasteiger partial charge < -0.3 is 9.88 Å². The highest BCUT2D eigenvalue weighted by atomic mass is 32.2. The summed E-state index contributed by atoms with van der Waals surface area (Å²) >= 11 is 0. The molecule has 0 bridgehead atoms. The van der Waals surface area contributed by atoms with E-state index in [-0.39, 0.29) is 17.3 Å². The fraction of sp³-hybridized carbons (Fsp3) is 0.276. The summed E-state index contributed by atoms with van der Waals surface area (Å²) < 4.78 is 30.5. The fourth-order valence-electron chi connectivity index (χ4n) is 4.97. The van der Waals surface area contributed by atoms with Gasteiger partial charge in [0.15, 0.2) is 0 Å². The molecule has 1 N–H and O–H groups in total. The molecule has 38 heavy (non-hydrogen) atoms. The van der Waals surface area contributed by atoms with E-state index < -0.39 is 15.9 Å². The van der Waals surface area contributed by atoms with Crippen LogP contribution in [0.5, 0.6) is 0 Å². The Bertz CT molecular complexity index is 1580. The van der Waals surface area contributed by atoms with Crippen LogP contribution < -0.4 is 5.32 Å². The van der Waals surface area contributed by atoms with Crippen molar-refractivity contribution in [3.05, 3.63) is 96.1 Å². The van der Waals surface area contributed by atoms with Crippen LogP contribution in [0.15, 0.2) is 84.1 Å². The molecule has 1 aliphatic rings. The van der Waals surface area contributed by atoms with Crippen molar-refractivity contribution in [2.75, 3.05) is 19.6 Å². The topological polar surface area (TPSA) is 108 Å². The number of amides is 1. The van der Waals surface area contributed by atoms with Crippen molar-refractivity contribution < 1.29 is 13.2 Å². The first kappa shape index (κ1) is 25.6. The van der Waals surface area contributed by atoms with Gasteiger partial charge in [0.1, 0.15) is 0 Å². The van der Waals surface area contributed by atoms with Gasteiger partial charge in [-0.25, -0.2) is 13.4 Å². The number of piperidine rings is 1. The first-order valence-electron chi connectivity index (χ1n) is 12.7. The number of nitriles is 1. The number of aromatic nitrogens is 2. The van der Waals surface area contributed by atoms with Crippen LogP contribution in [-0.2, 0) is 27.8 Å². The Morgan fingerprint density at radius 1 is 1.08 bits per heavy atom. The molecule has 9 heteroatoms. The third-order valence-electron chi connectivity index (χ3n) is 7.04. The van der Waals surface area contributed by atoms with E-state index in [1.54, 1.807) is 36.8 Å². The molecule has 8 nitrogen and oxygen atoms in total. The van der Waals surface area contributed by atoms with E-state index in [1.165, 1.54) is 4.31 Å². The molecule has 194 valence electrons. The minimum absolute atomic E-state index is 0.124. The van der Waals surface area contributed by atoms with Crippen molar-refractivity contribution in [2.24, 2.45) is 5.92 Å². The zero-order valence-corrected chi connectivity index (χ0v) is 21.8. The van der Waals surface area contributed by atoms with E-state index in [2.05, 4.69) is 16.4 Å². The van der Waals surface area contributed by atoms with Gasteiger partial charge in [-0.15, -0.1) is 0 Å². The summed E-state index contributed by atoms with van der Waals surface area (Å²) in [7, 11) is -3.73. The number of carbonyl (C=O) groups is 1. The highest BCUT2D eigenvalue weighted by molar-refractivity contribution is 7.89. The second-order valence-electron chi connectivity index (χ2n) is 9.54. The maximum atomic E-state index is 13.5. The summed E-state index contributed by atoms with van der Waals surface area (Å²) in [6, 6.07) is 22.3. The first-order valence-corrected chi connectivity index (χ1v) is 14.1. The quantitative estimate of drug-likeness (QED) is 0.376. The van der Waals surface area contributed by atoms with Gasteiger partial charge in [0.25, 0.3) is 0 Å². The van der Waals surface area contributed by atoms with Crippen LogP contribution in [0.25, 0.3) is 10.8 Å². The van der Waals surface area contributed by atoms with Crippen LogP contribution >= 0.6 is 0 Å². The van der Waals surface area contributed by atoms with Gasteiger partial charge in [-0.3, -0.25) is 4.79 Å². The zero-order valence-electron chi connectivity index (χ0n) is 21.0. The van der Waals surface area contributed by atoms with Gasteiger partial charge in [-0.1, -0.05) is 48.5 Å². The molecule has 0 unspecified atom stereocenters. The summed E-state index contributed by atoms with van der Waals surface area (Å²) in [5.74, 6) is -0.516. The Kier molecular flexibility index (Phi) is 7.54. The smallest absolute Gasteiger partial charge is 0.243 e. The molecule has 3 aromatic carbocycles. The lowest BCUT2D eigenvalue weighted by molar-refractivity contribution is -0.126. The average Bonchev–Trinajstić information content (AvgIpc) is 3.39. The molecule has 1 aromatic heterocycles. The minimum atomic E-state index is -3.73. The fourth-order valence-corrected chi connectivity index (χ4v) is 6.71. The summed E-state index contributed by atoms with van der Waals surface area (Å²) in [5, 5.41) is 13.5. The lowest BCUT2D eigenvalue weighted by Crippen LogP contribution is -2.45. The first-order chi connectivity index (χ1) is 18.5. The standard InChI is InChI=1S/C29H29N5O3S/c30-17-22-10-12-23(13-11-22)19-33-21-31-18-26(33)14-15-32-29(35)25-7-4-16-34(20-25)38(36,37)28-9-3-6-24-5-1-2-8-27(24)28/h1-3,5-6,8-13,18,21,25H,4,7,14-16,19-20H2,(H,32,35)/t25-/m0/s1. The van der Waals surface area contributed by atoms with Crippen molar-refractivity contribution in [1.29, 1.82) is 5.26 Å². The molecule has 0 saturated carbocycles. The van der Waals surface area contributed by atoms with Crippen molar-refractivity contribution in [1.82, 2.24) is 19.2 Å². The van der Waals surface area contributed by atoms with Gasteiger partial charge >= 0.3 is 0 Å². The van der Waals surface area contributed by atoms with E-state index in [9.17, 15) is 13.2 Å². The largest absolute Gasteiger partial charge is 0.355 e. The molecule has 2 heterocycles. The molecule has 5 rings (SSSR count). The van der Waals surface area contributed by atoms with Gasteiger partial charge in [0.05, 0.1) is 28.8 Å². The van der Waals surface area contributed by atoms with E-state index in [0.717, 1.165) is 16.6 Å². The van der Waals surface area contributed by atoms with Gasteiger partial charge in [0.2, 0.25) is 15.9 Å². The van der Waals surface area contributed by atoms with Crippen LogP contribution in [0, 0.1) is 17.2 Å². The minimum Gasteiger partial charge on any atom is -0.355 e. The molecule has 0 aliphatic carbocycles. The van der Waals surface area contributed by atoms with Gasteiger partial charge in [-0.05, 0) is 42.0 Å². The molecule has 1 amide bonds.